The van der Waals surface area contributed by atoms with Gasteiger partial charge in [0.05, 0.1) is 6.10 Å². The second-order valence-corrected chi connectivity index (χ2v) is 10.8. The molecule has 178 valence electrons. The minimum absolute atomic E-state index is 0.0661. The molecule has 3 fully saturated rings. The van der Waals surface area contributed by atoms with Crippen molar-refractivity contribution < 1.29 is 28.6 Å². The molecule has 5 aliphatic rings. The van der Waals surface area contributed by atoms with Crippen molar-refractivity contribution in [2.24, 2.45) is 22.7 Å². The minimum atomic E-state index is -1.11. The minimum Gasteiger partial charge on any atom is -0.458 e. The van der Waals surface area contributed by atoms with E-state index in [9.17, 15) is 14.4 Å². The van der Waals surface area contributed by atoms with Crippen LogP contribution in [-0.4, -0.2) is 42.1 Å². The Morgan fingerprint density at radius 2 is 2.06 bits per heavy atom. The Hall–Kier alpha value is -2.05. The molecular weight excluding hydrogens is 420 g/mol. The monoisotopic (exact) mass is 454 g/mol. The van der Waals surface area contributed by atoms with E-state index in [0.29, 0.717) is 12.3 Å². The van der Waals surface area contributed by atoms with E-state index in [4.69, 9.17) is 14.2 Å². The van der Waals surface area contributed by atoms with Gasteiger partial charge < -0.3 is 14.2 Å². The van der Waals surface area contributed by atoms with E-state index in [-0.39, 0.29) is 35.6 Å². The summed E-state index contributed by atoms with van der Waals surface area (Å²) in [6.45, 7) is 7.49. The van der Waals surface area contributed by atoms with Gasteiger partial charge in [0.1, 0.15) is 0 Å². The molecule has 1 saturated heterocycles. The van der Waals surface area contributed by atoms with Crippen molar-refractivity contribution in [2.45, 2.75) is 84.2 Å². The van der Waals surface area contributed by atoms with Gasteiger partial charge in [-0.15, -0.1) is 0 Å². The first-order valence-corrected chi connectivity index (χ1v) is 12.3. The summed E-state index contributed by atoms with van der Waals surface area (Å²) in [5.74, 6) is -0.0744. The topological polar surface area (TPSA) is 78.9 Å². The van der Waals surface area contributed by atoms with Crippen LogP contribution in [0.3, 0.4) is 0 Å². The Morgan fingerprint density at radius 3 is 2.79 bits per heavy atom. The van der Waals surface area contributed by atoms with Gasteiger partial charge in [0.15, 0.2) is 24.3 Å². The predicted molar refractivity (Wildman–Crippen MR) is 121 cm³/mol. The molecule has 0 aromatic rings. The molecule has 3 unspecified atom stereocenters. The number of hydrogen-bond acceptors (Lipinski definition) is 6. The highest BCUT2D eigenvalue weighted by Crippen LogP contribution is 2.68. The molecule has 0 aromatic heterocycles. The number of rotatable bonds is 5. The zero-order valence-corrected chi connectivity index (χ0v) is 20.0. The quantitative estimate of drug-likeness (QED) is 0.457. The van der Waals surface area contributed by atoms with Crippen molar-refractivity contribution in [2.75, 3.05) is 6.61 Å². The molecule has 1 aliphatic heterocycles. The van der Waals surface area contributed by atoms with E-state index in [0.717, 1.165) is 32.1 Å². The summed E-state index contributed by atoms with van der Waals surface area (Å²) in [4.78, 5) is 37.2. The lowest BCUT2D eigenvalue weighted by Crippen LogP contribution is -2.59. The van der Waals surface area contributed by atoms with Crippen LogP contribution in [0.2, 0.25) is 0 Å². The van der Waals surface area contributed by atoms with Crippen molar-refractivity contribution in [3.63, 3.8) is 0 Å². The molecule has 0 bridgehead atoms. The summed E-state index contributed by atoms with van der Waals surface area (Å²) in [5, 5.41) is 0. The van der Waals surface area contributed by atoms with Gasteiger partial charge in [-0.2, -0.15) is 0 Å². The van der Waals surface area contributed by atoms with Crippen LogP contribution in [0.1, 0.15) is 66.2 Å². The highest BCUT2D eigenvalue weighted by atomic mass is 16.7. The molecule has 33 heavy (non-hydrogen) atoms. The number of fused-ring (bicyclic) bond motifs is 7. The van der Waals surface area contributed by atoms with Crippen LogP contribution in [0.25, 0.3) is 0 Å². The summed E-state index contributed by atoms with van der Waals surface area (Å²) in [5.41, 5.74) is 0.758. The SMILES string of the molecule is CCCC1O[C@@H]2CC3C4CCC5=CC(=O)C=C[C@]5(C)C4=CC[C@]3(C)[C@]2(C(=O)COC(C)=O)O1. The number of hydrogen-bond donors (Lipinski definition) is 0. The van der Waals surface area contributed by atoms with E-state index >= 15 is 0 Å². The van der Waals surface area contributed by atoms with E-state index < -0.39 is 23.3 Å². The van der Waals surface area contributed by atoms with Gasteiger partial charge in [-0.05, 0) is 63.0 Å². The molecule has 1 heterocycles. The smallest absolute Gasteiger partial charge is 0.303 e. The fraction of sp³-hybridized carbons (Fsp3) is 0.667. The van der Waals surface area contributed by atoms with Crippen LogP contribution in [0.5, 0.6) is 0 Å². The highest BCUT2D eigenvalue weighted by molar-refractivity contribution is 6.01. The maximum atomic E-state index is 13.7. The average molecular weight is 455 g/mol. The first-order chi connectivity index (χ1) is 15.7. The third-order valence-electron chi connectivity index (χ3n) is 9.09. The van der Waals surface area contributed by atoms with E-state index in [1.54, 1.807) is 12.2 Å². The van der Waals surface area contributed by atoms with E-state index in [1.807, 2.05) is 0 Å². The first-order valence-electron chi connectivity index (χ1n) is 12.3. The number of carbonyl (C=O) groups is 3. The summed E-state index contributed by atoms with van der Waals surface area (Å²) < 4.78 is 18.1. The normalized spacial score (nSPS) is 43.1. The van der Waals surface area contributed by atoms with Crippen molar-refractivity contribution in [3.8, 4) is 0 Å². The lowest BCUT2D eigenvalue weighted by Gasteiger charge is -2.53. The zero-order chi connectivity index (χ0) is 23.6. The zero-order valence-electron chi connectivity index (χ0n) is 20.0. The number of esters is 1. The fourth-order valence-corrected chi connectivity index (χ4v) is 7.49. The molecule has 0 N–H and O–H groups in total. The molecule has 0 aromatic carbocycles. The number of carbonyl (C=O) groups excluding carboxylic acids is 3. The molecule has 4 aliphatic carbocycles. The van der Waals surface area contributed by atoms with E-state index in [1.165, 1.54) is 18.1 Å². The highest BCUT2D eigenvalue weighted by Gasteiger charge is 2.73. The average Bonchev–Trinajstić information content (AvgIpc) is 3.25. The molecular formula is C27H34O6. The van der Waals surface area contributed by atoms with Gasteiger partial charge in [0, 0.05) is 17.8 Å². The number of Topliss-reactive ketones (excluding diaryl/α,β-unsaturated/α-hetero) is 1. The van der Waals surface area contributed by atoms with Crippen LogP contribution in [0.4, 0.5) is 0 Å². The lowest BCUT2D eigenvalue weighted by molar-refractivity contribution is -0.178. The van der Waals surface area contributed by atoms with Gasteiger partial charge in [-0.3, -0.25) is 14.4 Å². The Kier molecular flexibility index (Phi) is 5.33. The maximum absolute atomic E-state index is 13.7. The largest absolute Gasteiger partial charge is 0.458 e. The number of allylic oxidation sites excluding steroid dienone is 6. The molecule has 7 atom stereocenters. The fourth-order valence-electron chi connectivity index (χ4n) is 7.49. The summed E-state index contributed by atoms with van der Waals surface area (Å²) in [6.07, 6.45) is 12.0. The first kappa shape index (κ1) is 22.7. The van der Waals surface area contributed by atoms with Crippen LogP contribution in [0, 0.1) is 22.7 Å². The number of ketones is 2. The van der Waals surface area contributed by atoms with Gasteiger partial charge in [-0.1, -0.05) is 43.6 Å². The molecule has 0 radical (unpaired) electrons. The Morgan fingerprint density at radius 1 is 1.27 bits per heavy atom. The molecule has 6 nitrogen and oxygen atoms in total. The van der Waals surface area contributed by atoms with Crippen molar-refractivity contribution in [3.05, 3.63) is 35.5 Å². The predicted octanol–water partition coefficient (Wildman–Crippen LogP) is 4.24. The van der Waals surface area contributed by atoms with Gasteiger partial charge in [0.2, 0.25) is 5.78 Å². The standard InChI is InChI=1S/C27H34O6/c1-5-6-24-32-23-14-21-19-8-7-17-13-18(29)9-11-25(17,3)20(19)10-12-26(21,4)27(23,33-24)22(30)15-31-16(2)28/h9-11,13,19,21,23-24H,5-8,12,14-15H2,1-4H3/t19?,21?,23-,24?,25+,26+,27-/m1/s1. The van der Waals surface area contributed by atoms with Crippen molar-refractivity contribution >= 4 is 17.5 Å². The van der Waals surface area contributed by atoms with Crippen molar-refractivity contribution in [1.82, 2.24) is 0 Å². The van der Waals surface area contributed by atoms with Crippen LogP contribution in [-0.2, 0) is 28.6 Å². The Balaban J connectivity index is 1.54. The summed E-state index contributed by atoms with van der Waals surface area (Å²) >= 11 is 0. The van der Waals surface area contributed by atoms with Crippen LogP contribution in [0.15, 0.2) is 35.5 Å². The molecule has 0 spiro atoms. The van der Waals surface area contributed by atoms with Crippen LogP contribution >= 0.6 is 0 Å². The maximum Gasteiger partial charge on any atom is 0.303 e. The second kappa shape index (κ2) is 7.74. The third-order valence-corrected chi connectivity index (χ3v) is 9.09. The molecule has 6 heteroatoms. The van der Waals surface area contributed by atoms with Gasteiger partial charge >= 0.3 is 5.97 Å². The second-order valence-electron chi connectivity index (χ2n) is 10.8. The van der Waals surface area contributed by atoms with E-state index in [2.05, 4.69) is 32.9 Å². The third kappa shape index (κ3) is 3.09. The van der Waals surface area contributed by atoms with Gasteiger partial charge in [0.25, 0.3) is 0 Å². The summed E-state index contributed by atoms with van der Waals surface area (Å²) in [6, 6.07) is 0. The Bertz CT molecular complexity index is 991. The molecule has 0 amide bonds. The number of ether oxygens (including phenoxy) is 3. The molecule has 2 saturated carbocycles. The molecule has 5 rings (SSSR count). The van der Waals surface area contributed by atoms with Crippen molar-refractivity contribution in [1.29, 1.82) is 0 Å². The van der Waals surface area contributed by atoms with Gasteiger partial charge in [-0.25, -0.2) is 0 Å². The summed E-state index contributed by atoms with van der Waals surface area (Å²) in [7, 11) is 0. The lowest BCUT2D eigenvalue weighted by atomic mass is 9.51. The van der Waals surface area contributed by atoms with Crippen LogP contribution < -0.4 is 0 Å². The Labute approximate surface area is 195 Å².